The molecular weight excluding hydrogens is 162 g/mol. The van der Waals surface area contributed by atoms with E-state index in [0.717, 1.165) is 17.5 Å². The number of aryl methyl sites for hydroxylation is 1. The number of nitrogens with two attached hydrogens (primary N) is 1. The number of benzene rings is 1. The lowest BCUT2D eigenvalue weighted by atomic mass is 10.2. The van der Waals surface area contributed by atoms with Gasteiger partial charge in [0.05, 0.1) is 0 Å². The lowest BCUT2D eigenvalue weighted by Crippen LogP contribution is -1.85. The minimum atomic E-state index is 0.750. The predicted octanol–water partition coefficient (Wildman–Crippen LogP) is 2.81. The zero-order valence-corrected chi connectivity index (χ0v) is 8.87. The van der Waals surface area contributed by atoms with Gasteiger partial charge in [0.25, 0.3) is 0 Å². The first kappa shape index (κ1) is 14.2. The van der Waals surface area contributed by atoms with Crippen molar-refractivity contribution in [3.63, 3.8) is 0 Å². The van der Waals surface area contributed by atoms with E-state index < -0.39 is 0 Å². The van der Waals surface area contributed by atoms with Crippen LogP contribution in [0.4, 0.5) is 5.69 Å². The van der Waals surface area contributed by atoms with E-state index in [1.54, 1.807) is 0 Å². The molecule has 1 aromatic carbocycles. The van der Waals surface area contributed by atoms with Crippen LogP contribution in [0.25, 0.3) is 0 Å². The largest absolute Gasteiger partial charge is 0.399 e. The molecule has 0 aliphatic heterocycles. The van der Waals surface area contributed by atoms with Crippen molar-refractivity contribution in [1.82, 2.24) is 0 Å². The predicted molar refractivity (Wildman–Crippen MR) is 58.7 cm³/mol. The fourth-order valence-corrected chi connectivity index (χ4v) is 0.587. The average Bonchev–Trinajstić information content (AvgIpc) is 2.15. The van der Waals surface area contributed by atoms with Crippen LogP contribution in [0.3, 0.4) is 0 Å². The molecule has 0 amide bonds. The maximum atomic E-state index is 8.81. The Morgan fingerprint density at radius 2 is 1.62 bits per heavy atom. The summed E-state index contributed by atoms with van der Waals surface area (Å²) in [6.07, 6.45) is 0.750. The molecule has 0 heterocycles. The minimum Gasteiger partial charge on any atom is -0.399 e. The van der Waals surface area contributed by atoms with Crippen molar-refractivity contribution in [2.45, 2.75) is 27.7 Å². The Bertz CT molecular complexity index is 200. The van der Waals surface area contributed by atoms with Crippen molar-refractivity contribution in [1.29, 1.82) is 0 Å². The zero-order valence-electron chi connectivity index (χ0n) is 8.87. The van der Waals surface area contributed by atoms with Gasteiger partial charge in [-0.25, -0.2) is 0 Å². The first-order chi connectivity index (χ1) is 6.22. The second-order valence-corrected chi connectivity index (χ2v) is 2.09. The molecule has 2 heteroatoms. The third-order valence-corrected chi connectivity index (χ3v) is 1.19. The summed E-state index contributed by atoms with van der Waals surface area (Å²) in [5.74, 6) is 0. The molecule has 0 spiro atoms. The Morgan fingerprint density at radius 1 is 1.23 bits per heavy atom. The van der Waals surface area contributed by atoms with Gasteiger partial charge >= 0.3 is 0 Å². The van der Waals surface area contributed by atoms with Gasteiger partial charge in [-0.3, -0.25) is 0 Å². The number of nitrogen functional groups attached to an aromatic ring is 1. The molecule has 0 aliphatic rings. The number of aldehydes is 1. The number of anilines is 1. The van der Waals surface area contributed by atoms with Crippen LogP contribution < -0.4 is 5.73 Å². The molecule has 1 rings (SSSR count). The van der Waals surface area contributed by atoms with Crippen LogP contribution in [0.1, 0.15) is 26.3 Å². The third kappa shape index (κ3) is 8.60. The second-order valence-electron chi connectivity index (χ2n) is 2.09. The molecule has 1 aromatic rings. The molecule has 0 saturated heterocycles. The van der Waals surface area contributed by atoms with Gasteiger partial charge in [0.15, 0.2) is 0 Å². The number of carbonyl (C=O) groups is 1. The van der Waals surface area contributed by atoms with Gasteiger partial charge in [-0.15, -0.1) is 0 Å². The van der Waals surface area contributed by atoms with Gasteiger partial charge in [-0.2, -0.15) is 0 Å². The van der Waals surface area contributed by atoms with Crippen LogP contribution in [0.2, 0.25) is 0 Å². The molecule has 0 aliphatic carbocycles. The Balaban J connectivity index is 0. The number of rotatable bonds is 0. The van der Waals surface area contributed by atoms with E-state index >= 15 is 0 Å². The van der Waals surface area contributed by atoms with Crippen molar-refractivity contribution in [3.05, 3.63) is 29.8 Å². The van der Waals surface area contributed by atoms with Crippen molar-refractivity contribution >= 4 is 12.0 Å². The first-order valence-electron chi connectivity index (χ1n) is 4.43. The van der Waals surface area contributed by atoms with Gasteiger partial charge in [0, 0.05) is 5.69 Å². The van der Waals surface area contributed by atoms with E-state index in [2.05, 4.69) is 0 Å². The Morgan fingerprint density at radius 3 is 1.85 bits per heavy atom. The van der Waals surface area contributed by atoms with Crippen LogP contribution in [0.5, 0.6) is 0 Å². The topological polar surface area (TPSA) is 43.1 Å². The SMILES string of the molecule is CC.CC=O.Cc1ccccc1N. The quantitative estimate of drug-likeness (QED) is 0.494. The number of para-hydroxylation sites is 1. The van der Waals surface area contributed by atoms with Crippen LogP contribution in [0.15, 0.2) is 24.3 Å². The Labute approximate surface area is 80.8 Å². The normalized spacial score (nSPS) is 7.08. The fourth-order valence-electron chi connectivity index (χ4n) is 0.587. The smallest absolute Gasteiger partial charge is 0.116 e. The van der Waals surface area contributed by atoms with E-state index in [1.165, 1.54) is 6.92 Å². The van der Waals surface area contributed by atoms with Gasteiger partial charge in [-0.05, 0) is 25.5 Å². The Hall–Kier alpha value is -1.31. The molecule has 0 fully saturated rings. The van der Waals surface area contributed by atoms with E-state index in [0.29, 0.717) is 0 Å². The highest BCUT2D eigenvalue weighted by atomic mass is 16.1. The van der Waals surface area contributed by atoms with Gasteiger partial charge < -0.3 is 10.5 Å². The van der Waals surface area contributed by atoms with Crippen LogP contribution in [0, 0.1) is 6.92 Å². The highest BCUT2D eigenvalue weighted by Crippen LogP contribution is 2.06. The second kappa shape index (κ2) is 10.7. The number of hydrogen-bond acceptors (Lipinski definition) is 2. The van der Waals surface area contributed by atoms with Crippen molar-refractivity contribution in [2.24, 2.45) is 0 Å². The Kier molecular flexibility index (Phi) is 11.7. The third-order valence-electron chi connectivity index (χ3n) is 1.19. The molecule has 13 heavy (non-hydrogen) atoms. The summed E-state index contributed by atoms with van der Waals surface area (Å²) in [4.78, 5) is 8.81. The van der Waals surface area contributed by atoms with E-state index in [1.807, 2.05) is 45.0 Å². The maximum Gasteiger partial charge on any atom is 0.116 e. The molecule has 0 atom stereocenters. The van der Waals surface area contributed by atoms with Crippen molar-refractivity contribution in [3.8, 4) is 0 Å². The van der Waals surface area contributed by atoms with Crippen LogP contribution >= 0.6 is 0 Å². The molecule has 74 valence electrons. The molecule has 0 unspecified atom stereocenters. The summed E-state index contributed by atoms with van der Waals surface area (Å²) < 4.78 is 0. The van der Waals surface area contributed by atoms with Crippen molar-refractivity contribution in [2.75, 3.05) is 5.73 Å². The van der Waals surface area contributed by atoms with E-state index in [-0.39, 0.29) is 0 Å². The molecule has 0 bridgehead atoms. The molecule has 0 saturated carbocycles. The highest BCUT2D eigenvalue weighted by molar-refractivity contribution is 5.45. The fraction of sp³-hybridized carbons (Fsp3) is 0.364. The van der Waals surface area contributed by atoms with Crippen LogP contribution in [-0.4, -0.2) is 6.29 Å². The number of hydrogen-bond donors (Lipinski definition) is 1. The van der Waals surface area contributed by atoms with Crippen molar-refractivity contribution < 1.29 is 4.79 Å². The summed E-state index contributed by atoms with van der Waals surface area (Å²) >= 11 is 0. The summed E-state index contributed by atoms with van der Waals surface area (Å²) in [5, 5.41) is 0. The summed E-state index contributed by atoms with van der Waals surface area (Å²) in [7, 11) is 0. The molecule has 0 radical (unpaired) electrons. The standard InChI is InChI=1S/C7H9N.C2H4O.C2H6/c1-6-4-2-3-5-7(6)8;1-2-3;1-2/h2-5H,8H2,1H3;2H,1H3;1-2H3. The maximum absolute atomic E-state index is 8.81. The minimum absolute atomic E-state index is 0.750. The summed E-state index contributed by atoms with van der Waals surface area (Å²) in [6.45, 7) is 7.44. The van der Waals surface area contributed by atoms with Crippen LogP contribution in [-0.2, 0) is 4.79 Å². The molecule has 0 aromatic heterocycles. The number of carbonyl (C=O) groups excluding carboxylic acids is 1. The highest BCUT2D eigenvalue weighted by Gasteiger charge is 1.84. The molecule has 2 nitrogen and oxygen atoms in total. The monoisotopic (exact) mass is 181 g/mol. The zero-order chi connectivity index (χ0) is 10.7. The molecule has 2 N–H and O–H groups in total. The molecular formula is C11H19NO. The summed E-state index contributed by atoms with van der Waals surface area (Å²) in [5.41, 5.74) is 7.53. The van der Waals surface area contributed by atoms with E-state index in [9.17, 15) is 0 Å². The summed E-state index contributed by atoms with van der Waals surface area (Å²) in [6, 6.07) is 7.80. The van der Waals surface area contributed by atoms with E-state index in [4.69, 9.17) is 10.5 Å². The van der Waals surface area contributed by atoms with Gasteiger partial charge in [0.2, 0.25) is 0 Å². The van der Waals surface area contributed by atoms with Gasteiger partial charge in [0.1, 0.15) is 6.29 Å². The van der Waals surface area contributed by atoms with Gasteiger partial charge in [-0.1, -0.05) is 32.0 Å². The first-order valence-corrected chi connectivity index (χ1v) is 4.43. The average molecular weight is 181 g/mol. The lowest BCUT2D eigenvalue weighted by Gasteiger charge is -1.93. The lowest BCUT2D eigenvalue weighted by molar-refractivity contribution is -0.106.